The number of amides is 2. The monoisotopic (exact) mass is 334 g/mol. The molecule has 2 aliphatic heterocycles. The highest BCUT2D eigenvalue weighted by Gasteiger charge is 2.35. The number of hydrogen-bond acceptors (Lipinski definition) is 5. The predicted octanol–water partition coefficient (Wildman–Crippen LogP) is 0.962. The Morgan fingerprint density at radius 2 is 2.12 bits per heavy atom. The van der Waals surface area contributed by atoms with Gasteiger partial charge in [0.2, 0.25) is 11.8 Å². The van der Waals surface area contributed by atoms with E-state index in [4.69, 9.17) is 14.2 Å². The molecule has 0 saturated carbocycles. The zero-order valence-corrected chi connectivity index (χ0v) is 13.9. The van der Waals surface area contributed by atoms with Gasteiger partial charge in [-0.25, -0.2) is 0 Å². The normalized spacial score (nSPS) is 20.8. The highest BCUT2D eigenvalue weighted by Crippen LogP contribution is 2.35. The Morgan fingerprint density at radius 3 is 2.88 bits per heavy atom. The maximum absolute atomic E-state index is 12.3. The van der Waals surface area contributed by atoms with E-state index in [1.165, 1.54) is 0 Å². The van der Waals surface area contributed by atoms with Crippen LogP contribution in [0.3, 0.4) is 0 Å². The average molecular weight is 334 g/mol. The van der Waals surface area contributed by atoms with Gasteiger partial charge in [-0.3, -0.25) is 9.59 Å². The number of rotatable bonds is 5. The highest BCUT2D eigenvalue weighted by molar-refractivity contribution is 6.00. The van der Waals surface area contributed by atoms with Crippen molar-refractivity contribution in [3.63, 3.8) is 0 Å². The van der Waals surface area contributed by atoms with Gasteiger partial charge in [0.15, 0.2) is 11.5 Å². The summed E-state index contributed by atoms with van der Waals surface area (Å²) in [5.41, 5.74) is 0.726. The van der Waals surface area contributed by atoms with Gasteiger partial charge in [-0.1, -0.05) is 0 Å². The van der Waals surface area contributed by atoms with Crippen molar-refractivity contribution in [1.82, 2.24) is 5.32 Å². The minimum absolute atomic E-state index is 0.0637. The van der Waals surface area contributed by atoms with Crippen LogP contribution in [0.25, 0.3) is 0 Å². The van der Waals surface area contributed by atoms with E-state index in [-0.39, 0.29) is 30.2 Å². The first-order chi connectivity index (χ1) is 11.6. The van der Waals surface area contributed by atoms with Crippen molar-refractivity contribution >= 4 is 17.5 Å². The van der Waals surface area contributed by atoms with Gasteiger partial charge in [0, 0.05) is 37.9 Å². The average Bonchev–Trinajstić information content (AvgIpc) is 2.96. The number of nitrogens with zero attached hydrogens (tertiary/aromatic N) is 1. The Hall–Kier alpha value is -2.28. The number of carbonyl (C=O) groups is 2. The van der Waals surface area contributed by atoms with Crippen LogP contribution in [0.2, 0.25) is 0 Å². The molecule has 2 aliphatic rings. The van der Waals surface area contributed by atoms with Gasteiger partial charge in [0.25, 0.3) is 0 Å². The summed E-state index contributed by atoms with van der Waals surface area (Å²) >= 11 is 0. The fourth-order valence-electron chi connectivity index (χ4n) is 2.99. The van der Waals surface area contributed by atoms with E-state index in [0.717, 1.165) is 5.69 Å². The van der Waals surface area contributed by atoms with Gasteiger partial charge in [-0.2, -0.15) is 0 Å². The summed E-state index contributed by atoms with van der Waals surface area (Å²) in [7, 11) is 1.59. The second-order valence-corrected chi connectivity index (χ2v) is 6.10. The summed E-state index contributed by atoms with van der Waals surface area (Å²) in [6.45, 7) is 3.70. The minimum atomic E-state index is -0.356. The van der Waals surface area contributed by atoms with Gasteiger partial charge < -0.3 is 24.4 Å². The molecule has 1 saturated heterocycles. The Balaban J connectivity index is 1.67. The van der Waals surface area contributed by atoms with E-state index >= 15 is 0 Å². The molecule has 1 fully saturated rings. The molecule has 0 aromatic heterocycles. The molecule has 0 aliphatic carbocycles. The van der Waals surface area contributed by atoms with Gasteiger partial charge in [-0.15, -0.1) is 0 Å². The van der Waals surface area contributed by atoms with Crippen molar-refractivity contribution < 1.29 is 23.8 Å². The molecule has 0 radical (unpaired) electrons. The first-order valence-electron chi connectivity index (χ1n) is 8.08. The maximum atomic E-state index is 12.3. The molecule has 1 N–H and O–H groups in total. The van der Waals surface area contributed by atoms with E-state index in [2.05, 4.69) is 5.32 Å². The number of nitrogens with one attached hydrogen (secondary N) is 1. The van der Waals surface area contributed by atoms with Crippen molar-refractivity contribution in [2.24, 2.45) is 5.92 Å². The van der Waals surface area contributed by atoms with Crippen LogP contribution in [0.1, 0.15) is 13.3 Å². The molecule has 3 rings (SSSR count). The van der Waals surface area contributed by atoms with Crippen molar-refractivity contribution in [3.05, 3.63) is 18.2 Å². The lowest BCUT2D eigenvalue weighted by atomic mass is 10.1. The van der Waals surface area contributed by atoms with Crippen LogP contribution >= 0.6 is 0 Å². The minimum Gasteiger partial charge on any atom is -0.486 e. The van der Waals surface area contributed by atoms with E-state index < -0.39 is 0 Å². The molecule has 2 atom stereocenters. The van der Waals surface area contributed by atoms with E-state index in [0.29, 0.717) is 37.9 Å². The van der Waals surface area contributed by atoms with E-state index in [1.54, 1.807) is 24.1 Å². The predicted molar refractivity (Wildman–Crippen MR) is 87.4 cm³/mol. The van der Waals surface area contributed by atoms with Crippen LogP contribution in [0.4, 0.5) is 5.69 Å². The molecule has 130 valence electrons. The lowest BCUT2D eigenvalue weighted by Gasteiger charge is -2.22. The summed E-state index contributed by atoms with van der Waals surface area (Å²) in [5, 5.41) is 2.88. The van der Waals surface area contributed by atoms with E-state index in [9.17, 15) is 9.59 Å². The number of fused-ring (bicyclic) bond motifs is 1. The van der Waals surface area contributed by atoms with Crippen LogP contribution in [-0.2, 0) is 14.3 Å². The van der Waals surface area contributed by atoms with Crippen LogP contribution in [-0.4, -0.2) is 51.3 Å². The van der Waals surface area contributed by atoms with Crippen molar-refractivity contribution in [2.75, 3.05) is 38.4 Å². The number of benzene rings is 1. The summed E-state index contributed by atoms with van der Waals surface area (Å²) in [6.07, 6.45) is 0.208. The number of ether oxygens (including phenoxy) is 3. The Bertz CT molecular complexity index is 633. The zero-order valence-electron chi connectivity index (χ0n) is 13.9. The molecule has 7 nitrogen and oxygen atoms in total. The SMILES string of the molecule is COC[C@H](C)NC(=O)[C@H]1CC(=O)N(c2ccc3c(c2)OCCO3)C1. The number of anilines is 1. The van der Waals surface area contributed by atoms with Crippen molar-refractivity contribution in [2.45, 2.75) is 19.4 Å². The largest absolute Gasteiger partial charge is 0.486 e. The van der Waals surface area contributed by atoms with Crippen molar-refractivity contribution in [3.8, 4) is 11.5 Å². The number of carbonyl (C=O) groups excluding carboxylic acids is 2. The molecule has 1 aromatic carbocycles. The summed E-state index contributed by atoms with van der Waals surface area (Å²) in [6, 6.07) is 5.32. The standard InChI is InChI=1S/C17H22N2O5/c1-11(10-22-2)18-17(21)12-7-16(20)19(9-12)13-3-4-14-15(8-13)24-6-5-23-14/h3-4,8,11-12H,5-7,9-10H2,1-2H3,(H,18,21)/t11-,12-/m0/s1. The molecular formula is C17H22N2O5. The molecule has 7 heteroatoms. The Morgan fingerprint density at radius 1 is 1.38 bits per heavy atom. The Kier molecular flexibility index (Phi) is 4.89. The van der Waals surface area contributed by atoms with Crippen LogP contribution in [0.15, 0.2) is 18.2 Å². The molecule has 2 heterocycles. The summed E-state index contributed by atoms with van der Waals surface area (Å²) < 4.78 is 16.1. The smallest absolute Gasteiger partial charge is 0.227 e. The fraction of sp³-hybridized carbons (Fsp3) is 0.529. The van der Waals surface area contributed by atoms with Crippen molar-refractivity contribution in [1.29, 1.82) is 0 Å². The molecule has 1 aromatic rings. The second kappa shape index (κ2) is 7.09. The van der Waals surface area contributed by atoms with Gasteiger partial charge >= 0.3 is 0 Å². The molecule has 24 heavy (non-hydrogen) atoms. The zero-order chi connectivity index (χ0) is 17.1. The summed E-state index contributed by atoms with van der Waals surface area (Å²) in [5.74, 6) is 0.775. The van der Waals surface area contributed by atoms with E-state index in [1.807, 2.05) is 13.0 Å². The topological polar surface area (TPSA) is 77.1 Å². The highest BCUT2D eigenvalue weighted by atomic mass is 16.6. The molecule has 0 unspecified atom stereocenters. The third kappa shape index (κ3) is 3.46. The Labute approximate surface area is 140 Å². The molecule has 0 bridgehead atoms. The quantitative estimate of drug-likeness (QED) is 0.868. The van der Waals surface area contributed by atoms with Crippen LogP contribution in [0.5, 0.6) is 11.5 Å². The second-order valence-electron chi connectivity index (χ2n) is 6.10. The first-order valence-corrected chi connectivity index (χ1v) is 8.08. The molecule has 2 amide bonds. The summed E-state index contributed by atoms with van der Waals surface area (Å²) in [4.78, 5) is 26.2. The number of hydrogen-bond donors (Lipinski definition) is 1. The van der Waals surface area contributed by atoms with Gasteiger partial charge in [0.05, 0.1) is 12.5 Å². The maximum Gasteiger partial charge on any atom is 0.227 e. The first kappa shape index (κ1) is 16.6. The third-order valence-corrected chi connectivity index (χ3v) is 4.14. The fourth-order valence-corrected chi connectivity index (χ4v) is 2.99. The third-order valence-electron chi connectivity index (χ3n) is 4.14. The van der Waals surface area contributed by atoms with Crippen LogP contribution < -0.4 is 19.7 Å². The lowest BCUT2D eigenvalue weighted by Crippen LogP contribution is -2.40. The van der Waals surface area contributed by atoms with Crippen LogP contribution in [0, 0.1) is 5.92 Å². The molecule has 0 spiro atoms. The molecular weight excluding hydrogens is 312 g/mol. The number of methoxy groups -OCH3 is 1. The van der Waals surface area contributed by atoms with Gasteiger partial charge in [-0.05, 0) is 19.1 Å². The van der Waals surface area contributed by atoms with Gasteiger partial charge in [0.1, 0.15) is 13.2 Å². The lowest BCUT2D eigenvalue weighted by molar-refractivity contribution is -0.127.